The van der Waals surface area contributed by atoms with Crippen molar-refractivity contribution in [2.24, 2.45) is 0 Å². The van der Waals surface area contributed by atoms with Crippen LogP contribution in [-0.2, 0) is 21.4 Å². The maximum atomic E-state index is 12.7. The molecule has 0 aliphatic rings. The minimum absolute atomic E-state index is 0.0167. The molecule has 0 bridgehead atoms. The van der Waals surface area contributed by atoms with Gasteiger partial charge in [-0.1, -0.05) is 12.1 Å². The molecule has 26 heavy (non-hydrogen) atoms. The summed E-state index contributed by atoms with van der Waals surface area (Å²) in [4.78, 5) is 0.106. The fourth-order valence-corrected chi connectivity index (χ4v) is 3.74. The maximum Gasteiger partial charge on any atom is 0.261 e. The number of benzene rings is 3. The number of methoxy groups -OCH3 is 1. The third-order valence-electron chi connectivity index (χ3n) is 3.91. The molecule has 0 fully saturated rings. The number of nitrogens with zero attached hydrogens (tertiary/aromatic N) is 1. The topological polar surface area (TPSA) is 99.4 Å². The Hall–Kier alpha value is -3.08. The second kappa shape index (κ2) is 7.04. The fourth-order valence-electron chi connectivity index (χ4n) is 2.66. The average Bonchev–Trinajstić information content (AvgIpc) is 2.62. The molecule has 0 atom stereocenters. The second-order valence-corrected chi connectivity index (χ2v) is 7.37. The zero-order valence-electron chi connectivity index (χ0n) is 13.9. The Morgan fingerprint density at radius 3 is 2.46 bits per heavy atom. The molecule has 0 amide bonds. The van der Waals surface area contributed by atoms with Crippen LogP contribution >= 0.6 is 0 Å². The van der Waals surface area contributed by atoms with Crippen molar-refractivity contribution in [3.8, 4) is 11.8 Å². The second-order valence-electron chi connectivity index (χ2n) is 5.68. The molecule has 0 radical (unpaired) electrons. The minimum atomic E-state index is -3.82. The first kappa shape index (κ1) is 17.7. The molecule has 7 heteroatoms. The van der Waals surface area contributed by atoms with Crippen LogP contribution in [0.25, 0.3) is 10.8 Å². The number of aromatic hydroxyl groups is 1. The Bertz CT molecular complexity index is 1100. The molecular formula is C19H16N2O4S. The Kier molecular flexibility index (Phi) is 4.80. The average molecular weight is 368 g/mol. The Morgan fingerprint density at radius 2 is 1.81 bits per heavy atom. The molecule has 2 N–H and O–H groups in total. The van der Waals surface area contributed by atoms with Crippen molar-refractivity contribution in [3.63, 3.8) is 0 Å². The van der Waals surface area contributed by atoms with Gasteiger partial charge in [0.15, 0.2) is 0 Å². The van der Waals surface area contributed by atoms with E-state index in [1.165, 1.54) is 30.3 Å². The number of phenols is 1. The summed E-state index contributed by atoms with van der Waals surface area (Å²) in [6.45, 7) is 0.396. The first-order chi connectivity index (χ1) is 12.4. The predicted octanol–water partition coefficient (Wildman–Crippen LogP) is 3.36. The van der Waals surface area contributed by atoms with Crippen molar-refractivity contribution in [2.45, 2.75) is 11.5 Å². The zero-order chi connectivity index (χ0) is 18.7. The van der Waals surface area contributed by atoms with Crippen LogP contribution in [0.2, 0.25) is 0 Å². The van der Waals surface area contributed by atoms with Crippen molar-refractivity contribution in [3.05, 3.63) is 65.7 Å². The first-order valence-electron chi connectivity index (χ1n) is 7.71. The number of rotatable bonds is 5. The van der Waals surface area contributed by atoms with Crippen molar-refractivity contribution in [1.82, 2.24) is 0 Å². The molecule has 0 saturated carbocycles. The van der Waals surface area contributed by atoms with E-state index in [0.717, 1.165) is 5.56 Å². The van der Waals surface area contributed by atoms with Crippen LogP contribution in [0.4, 0.5) is 5.69 Å². The van der Waals surface area contributed by atoms with E-state index in [9.17, 15) is 18.8 Å². The summed E-state index contributed by atoms with van der Waals surface area (Å²) < 4.78 is 32.9. The van der Waals surface area contributed by atoms with Gasteiger partial charge in [-0.3, -0.25) is 4.72 Å². The lowest BCUT2D eigenvalue weighted by Crippen LogP contribution is -2.13. The number of anilines is 1. The van der Waals surface area contributed by atoms with Gasteiger partial charge < -0.3 is 9.84 Å². The van der Waals surface area contributed by atoms with E-state index >= 15 is 0 Å². The third-order valence-corrected chi connectivity index (χ3v) is 5.29. The number of nitrogens with one attached hydrogen (secondary N) is 1. The van der Waals surface area contributed by atoms with Crippen LogP contribution in [0, 0.1) is 11.3 Å². The molecule has 0 saturated heterocycles. The lowest BCUT2D eigenvalue weighted by atomic mass is 10.0. The highest BCUT2D eigenvalue weighted by Crippen LogP contribution is 2.31. The summed E-state index contributed by atoms with van der Waals surface area (Å²) in [7, 11) is -2.26. The molecule has 132 valence electrons. The standard InChI is InChI=1S/C19H16N2O4S/c1-25-12-13-2-6-16(7-3-13)26(23,24)21-19-9-4-14(11-20)17-8-5-15(22)10-18(17)19/h2-10,21-22H,12H2,1H3. The van der Waals surface area contributed by atoms with Crippen LogP contribution < -0.4 is 4.72 Å². The highest BCUT2D eigenvalue weighted by Gasteiger charge is 2.16. The van der Waals surface area contributed by atoms with Gasteiger partial charge in [0.05, 0.1) is 28.8 Å². The fraction of sp³-hybridized carbons (Fsp3) is 0.105. The summed E-state index contributed by atoms with van der Waals surface area (Å²) in [5.41, 5.74) is 1.54. The number of hydrogen-bond acceptors (Lipinski definition) is 5. The van der Waals surface area contributed by atoms with Gasteiger partial charge in [0, 0.05) is 17.9 Å². The number of phenolic OH excluding ortho intramolecular Hbond substituents is 1. The molecule has 0 spiro atoms. The van der Waals surface area contributed by atoms with Crippen molar-refractivity contribution >= 4 is 26.5 Å². The molecule has 0 aliphatic carbocycles. The van der Waals surface area contributed by atoms with E-state index in [2.05, 4.69) is 10.8 Å². The summed E-state index contributed by atoms with van der Waals surface area (Å²) in [6.07, 6.45) is 0. The lowest BCUT2D eigenvalue weighted by Gasteiger charge is -2.12. The van der Waals surface area contributed by atoms with Crippen LogP contribution in [0.3, 0.4) is 0 Å². The molecule has 0 aliphatic heterocycles. The summed E-state index contributed by atoms with van der Waals surface area (Å²) in [5.74, 6) is -0.0167. The third kappa shape index (κ3) is 3.47. The van der Waals surface area contributed by atoms with Gasteiger partial charge in [-0.05, 0) is 48.0 Å². The van der Waals surface area contributed by atoms with Gasteiger partial charge in [-0.15, -0.1) is 0 Å². The van der Waals surface area contributed by atoms with E-state index in [-0.39, 0.29) is 16.3 Å². The van der Waals surface area contributed by atoms with Crippen LogP contribution in [0.1, 0.15) is 11.1 Å². The first-order valence-corrected chi connectivity index (χ1v) is 9.19. The molecule has 0 heterocycles. The maximum absolute atomic E-state index is 12.7. The van der Waals surface area contributed by atoms with Crippen LogP contribution in [0.5, 0.6) is 5.75 Å². The molecule has 0 aromatic heterocycles. The van der Waals surface area contributed by atoms with Gasteiger partial charge in [0.1, 0.15) is 5.75 Å². The summed E-state index contributed by atoms with van der Waals surface area (Å²) in [6, 6.07) is 15.9. The van der Waals surface area contributed by atoms with E-state index < -0.39 is 10.0 Å². The zero-order valence-corrected chi connectivity index (χ0v) is 14.7. The van der Waals surface area contributed by atoms with Crippen LogP contribution in [-0.4, -0.2) is 20.6 Å². The molecule has 0 unspecified atom stereocenters. The van der Waals surface area contributed by atoms with Crippen molar-refractivity contribution in [1.29, 1.82) is 5.26 Å². The SMILES string of the molecule is COCc1ccc(S(=O)(=O)Nc2ccc(C#N)c3ccc(O)cc23)cc1. The van der Waals surface area contributed by atoms with Gasteiger partial charge >= 0.3 is 0 Å². The van der Waals surface area contributed by atoms with Gasteiger partial charge in [0.2, 0.25) is 0 Å². The summed E-state index contributed by atoms with van der Waals surface area (Å²) >= 11 is 0. The van der Waals surface area contributed by atoms with Gasteiger partial charge in [-0.25, -0.2) is 8.42 Å². The molecule has 6 nitrogen and oxygen atoms in total. The molecule has 3 aromatic rings. The smallest absolute Gasteiger partial charge is 0.261 e. The lowest BCUT2D eigenvalue weighted by molar-refractivity contribution is 0.185. The van der Waals surface area contributed by atoms with E-state index in [1.54, 1.807) is 31.4 Å². The Balaban J connectivity index is 2.02. The summed E-state index contributed by atoms with van der Waals surface area (Å²) in [5, 5.41) is 20.0. The van der Waals surface area contributed by atoms with Crippen LogP contribution in [0.15, 0.2) is 59.5 Å². The predicted molar refractivity (Wildman–Crippen MR) is 98.3 cm³/mol. The van der Waals surface area contributed by atoms with Crippen molar-refractivity contribution in [2.75, 3.05) is 11.8 Å². The van der Waals surface area contributed by atoms with Gasteiger partial charge in [-0.2, -0.15) is 5.26 Å². The minimum Gasteiger partial charge on any atom is -0.508 e. The molecular weight excluding hydrogens is 352 g/mol. The molecule has 3 rings (SSSR count). The normalized spacial score (nSPS) is 11.2. The number of nitriles is 1. The Labute approximate surface area is 151 Å². The highest BCUT2D eigenvalue weighted by atomic mass is 32.2. The number of ether oxygens (including phenoxy) is 1. The van der Waals surface area contributed by atoms with E-state index in [1.807, 2.05) is 0 Å². The Morgan fingerprint density at radius 1 is 1.08 bits per heavy atom. The number of hydrogen-bond donors (Lipinski definition) is 2. The molecule has 3 aromatic carbocycles. The van der Waals surface area contributed by atoms with Gasteiger partial charge in [0.25, 0.3) is 10.0 Å². The monoisotopic (exact) mass is 368 g/mol. The van der Waals surface area contributed by atoms with Crippen molar-refractivity contribution < 1.29 is 18.3 Å². The largest absolute Gasteiger partial charge is 0.508 e. The number of fused-ring (bicyclic) bond motifs is 1. The highest BCUT2D eigenvalue weighted by molar-refractivity contribution is 7.92. The number of sulfonamides is 1. The van der Waals surface area contributed by atoms with E-state index in [4.69, 9.17) is 4.74 Å². The quantitative estimate of drug-likeness (QED) is 0.719. The van der Waals surface area contributed by atoms with E-state index in [0.29, 0.717) is 22.9 Å².